The van der Waals surface area contributed by atoms with Gasteiger partial charge in [-0.1, -0.05) is 12.1 Å². The Morgan fingerprint density at radius 3 is 3.05 bits per heavy atom. The minimum absolute atomic E-state index is 0.407. The van der Waals surface area contributed by atoms with Crippen molar-refractivity contribution in [1.29, 1.82) is 0 Å². The fraction of sp³-hybridized carbons (Fsp3) is 0.571. The fourth-order valence-corrected chi connectivity index (χ4v) is 3.74. The van der Waals surface area contributed by atoms with Gasteiger partial charge in [0.25, 0.3) is 0 Å². The Morgan fingerprint density at radius 2 is 2.25 bits per heavy atom. The van der Waals surface area contributed by atoms with Gasteiger partial charge in [-0.25, -0.2) is 13.1 Å². The summed E-state index contributed by atoms with van der Waals surface area (Å²) in [6, 6.07) is 5.48. The molecule has 1 aliphatic rings. The van der Waals surface area contributed by atoms with E-state index in [0.717, 1.165) is 30.6 Å². The molecule has 2 N–H and O–H groups in total. The lowest BCUT2D eigenvalue weighted by Crippen LogP contribution is -2.30. The molecule has 0 fully saturated rings. The fourth-order valence-electron chi connectivity index (χ4n) is 2.35. The Morgan fingerprint density at radius 1 is 1.40 bits per heavy atom. The highest BCUT2D eigenvalue weighted by molar-refractivity contribution is 7.89. The molecule has 5 nitrogen and oxygen atoms in total. The number of hydrogen-bond acceptors (Lipinski definition) is 4. The second-order valence-corrected chi connectivity index (χ2v) is 6.50. The van der Waals surface area contributed by atoms with Crippen molar-refractivity contribution in [3.63, 3.8) is 0 Å². The summed E-state index contributed by atoms with van der Waals surface area (Å²) in [4.78, 5) is 0.424. The zero-order chi connectivity index (χ0) is 14.4. The molecular formula is C14H22N2O3S. The summed E-state index contributed by atoms with van der Waals surface area (Å²) < 4.78 is 32.6. The van der Waals surface area contributed by atoms with Crippen molar-refractivity contribution in [1.82, 2.24) is 10.0 Å². The van der Waals surface area contributed by atoms with Crippen LogP contribution in [0.3, 0.4) is 0 Å². The van der Waals surface area contributed by atoms with Gasteiger partial charge in [-0.2, -0.15) is 0 Å². The molecule has 0 aromatic heterocycles. The van der Waals surface area contributed by atoms with E-state index >= 15 is 0 Å². The van der Waals surface area contributed by atoms with Crippen molar-refractivity contribution < 1.29 is 13.2 Å². The third-order valence-corrected chi connectivity index (χ3v) is 4.89. The molecule has 0 saturated heterocycles. The highest BCUT2D eigenvalue weighted by Gasteiger charge is 2.21. The zero-order valence-electron chi connectivity index (χ0n) is 11.8. The highest BCUT2D eigenvalue weighted by Crippen LogP contribution is 2.22. The molecule has 0 atom stereocenters. The average molecular weight is 298 g/mol. The Balaban J connectivity index is 2.06. The van der Waals surface area contributed by atoms with Crippen LogP contribution >= 0.6 is 0 Å². The monoisotopic (exact) mass is 298 g/mol. The van der Waals surface area contributed by atoms with E-state index in [4.69, 9.17) is 4.74 Å². The maximum absolute atomic E-state index is 12.4. The van der Waals surface area contributed by atoms with Crippen molar-refractivity contribution in [2.45, 2.75) is 31.2 Å². The largest absolute Gasteiger partial charge is 0.382 e. The van der Waals surface area contributed by atoms with E-state index in [0.29, 0.717) is 31.1 Å². The van der Waals surface area contributed by atoms with Crippen molar-refractivity contribution in [3.8, 4) is 0 Å². The third kappa shape index (κ3) is 3.79. The van der Waals surface area contributed by atoms with Crippen LogP contribution in [-0.4, -0.2) is 34.7 Å². The minimum Gasteiger partial charge on any atom is -0.382 e. The van der Waals surface area contributed by atoms with E-state index in [-0.39, 0.29) is 0 Å². The predicted molar refractivity (Wildman–Crippen MR) is 78.2 cm³/mol. The first-order valence-electron chi connectivity index (χ1n) is 7.04. The van der Waals surface area contributed by atoms with E-state index in [9.17, 15) is 8.42 Å². The molecule has 112 valence electrons. The number of benzene rings is 1. The second kappa shape index (κ2) is 7.17. The molecule has 0 unspecified atom stereocenters. The molecule has 0 aliphatic carbocycles. The SMILES string of the molecule is CCOCCCNS(=O)(=O)c1cccc2c1CCNC2. The van der Waals surface area contributed by atoms with Crippen molar-refractivity contribution in [2.24, 2.45) is 0 Å². The maximum atomic E-state index is 12.4. The van der Waals surface area contributed by atoms with E-state index in [2.05, 4.69) is 10.0 Å². The molecule has 0 saturated carbocycles. The maximum Gasteiger partial charge on any atom is 0.240 e. The van der Waals surface area contributed by atoms with Crippen LogP contribution in [0.2, 0.25) is 0 Å². The van der Waals surface area contributed by atoms with E-state index < -0.39 is 10.0 Å². The Hall–Kier alpha value is -0.950. The van der Waals surface area contributed by atoms with Crippen LogP contribution in [0.1, 0.15) is 24.5 Å². The number of sulfonamides is 1. The molecule has 1 heterocycles. The summed E-state index contributed by atoms with van der Waals surface area (Å²) in [6.07, 6.45) is 1.44. The number of rotatable bonds is 7. The summed E-state index contributed by atoms with van der Waals surface area (Å²) in [5.74, 6) is 0. The quantitative estimate of drug-likeness (QED) is 0.738. The Labute approximate surface area is 120 Å². The van der Waals surface area contributed by atoms with Gasteiger partial charge in [0.1, 0.15) is 0 Å². The van der Waals surface area contributed by atoms with Gasteiger partial charge >= 0.3 is 0 Å². The number of nitrogens with one attached hydrogen (secondary N) is 2. The molecule has 0 spiro atoms. The van der Waals surface area contributed by atoms with Gasteiger partial charge in [-0.15, -0.1) is 0 Å². The normalized spacial score (nSPS) is 15.1. The number of fused-ring (bicyclic) bond motifs is 1. The van der Waals surface area contributed by atoms with Gasteiger partial charge in [0.15, 0.2) is 0 Å². The van der Waals surface area contributed by atoms with Crippen LogP contribution < -0.4 is 10.0 Å². The molecular weight excluding hydrogens is 276 g/mol. The molecule has 1 aliphatic heterocycles. The molecule has 20 heavy (non-hydrogen) atoms. The lowest BCUT2D eigenvalue weighted by Gasteiger charge is -2.20. The van der Waals surface area contributed by atoms with Gasteiger partial charge in [0.2, 0.25) is 10.0 Å². The van der Waals surface area contributed by atoms with Crippen LogP contribution in [0.5, 0.6) is 0 Å². The summed E-state index contributed by atoms with van der Waals surface area (Å²) in [5, 5.41) is 3.25. The van der Waals surface area contributed by atoms with E-state index in [1.165, 1.54) is 0 Å². The molecule has 6 heteroatoms. The first-order valence-corrected chi connectivity index (χ1v) is 8.52. The highest BCUT2D eigenvalue weighted by atomic mass is 32.2. The van der Waals surface area contributed by atoms with Crippen LogP contribution in [-0.2, 0) is 27.7 Å². The van der Waals surface area contributed by atoms with Crippen LogP contribution in [0.25, 0.3) is 0 Å². The standard InChI is InChI=1S/C14H22N2O3S/c1-2-19-10-4-8-16-20(17,18)14-6-3-5-12-11-15-9-7-13(12)14/h3,5-6,15-16H,2,4,7-11H2,1H3. The molecule has 1 aromatic rings. The van der Waals surface area contributed by atoms with Crippen molar-refractivity contribution in [3.05, 3.63) is 29.3 Å². The molecule has 1 aromatic carbocycles. The van der Waals surface area contributed by atoms with Crippen LogP contribution in [0.4, 0.5) is 0 Å². The van der Waals surface area contributed by atoms with Gasteiger partial charge < -0.3 is 10.1 Å². The second-order valence-electron chi connectivity index (χ2n) is 4.77. The smallest absolute Gasteiger partial charge is 0.240 e. The van der Waals surface area contributed by atoms with Gasteiger partial charge in [-0.05, 0) is 43.5 Å². The first kappa shape index (κ1) is 15.4. The zero-order valence-corrected chi connectivity index (χ0v) is 12.6. The number of hydrogen-bond donors (Lipinski definition) is 2. The summed E-state index contributed by atoms with van der Waals surface area (Å²) in [6.45, 7) is 5.13. The summed E-state index contributed by atoms with van der Waals surface area (Å²) in [5.41, 5.74) is 2.02. The first-order chi connectivity index (χ1) is 9.65. The molecule has 0 radical (unpaired) electrons. The minimum atomic E-state index is -3.42. The Kier molecular flexibility index (Phi) is 5.54. The van der Waals surface area contributed by atoms with Gasteiger partial charge in [0.05, 0.1) is 4.90 Å². The summed E-state index contributed by atoms with van der Waals surface area (Å²) in [7, 11) is -3.42. The van der Waals surface area contributed by atoms with Crippen molar-refractivity contribution in [2.75, 3.05) is 26.3 Å². The molecule has 0 bridgehead atoms. The lowest BCUT2D eigenvalue weighted by molar-refractivity contribution is 0.146. The molecule has 2 rings (SSSR count). The topological polar surface area (TPSA) is 67.4 Å². The Bertz CT molecular complexity index is 543. The predicted octanol–water partition coefficient (Wildman–Crippen LogP) is 1.04. The lowest BCUT2D eigenvalue weighted by atomic mass is 10.0. The third-order valence-electron chi connectivity index (χ3n) is 3.35. The van der Waals surface area contributed by atoms with Crippen LogP contribution in [0.15, 0.2) is 23.1 Å². The summed E-state index contributed by atoms with van der Waals surface area (Å²) >= 11 is 0. The van der Waals surface area contributed by atoms with E-state index in [1.807, 2.05) is 13.0 Å². The van der Waals surface area contributed by atoms with E-state index in [1.54, 1.807) is 12.1 Å². The average Bonchev–Trinajstić information content (AvgIpc) is 2.46. The van der Waals surface area contributed by atoms with Crippen molar-refractivity contribution >= 4 is 10.0 Å². The molecule has 0 amide bonds. The number of ether oxygens (including phenoxy) is 1. The van der Waals surface area contributed by atoms with Gasteiger partial charge in [0, 0.05) is 26.3 Å². The van der Waals surface area contributed by atoms with Crippen LogP contribution in [0, 0.1) is 0 Å². The van der Waals surface area contributed by atoms with Gasteiger partial charge in [-0.3, -0.25) is 0 Å².